The van der Waals surface area contributed by atoms with Crippen LogP contribution in [0.3, 0.4) is 0 Å². The van der Waals surface area contributed by atoms with Gasteiger partial charge in [-0.15, -0.1) is 0 Å². The summed E-state index contributed by atoms with van der Waals surface area (Å²) in [5.74, 6) is -3.96. The second-order valence-electron chi connectivity index (χ2n) is 9.71. The lowest BCUT2D eigenvalue weighted by atomic mass is 9.97. The van der Waals surface area contributed by atoms with Gasteiger partial charge in [0.05, 0.1) is 6.61 Å². The quantitative estimate of drug-likeness (QED) is 0.323. The average Bonchev–Trinajstić information content (AvgIpc) is 3.54. The molecule has 1 aliphatic heterocycles. The lowest BCUT2D eigenvalue weighted by molar-refractivity contribution is -0.175. The van der Waals surface area contributed by atoms with Crippen molar-refractivity contribution < 1.29 is 59.4 Å². The summed E-state index contributed by atoms with van der Waals surface area (Å²) >= 11 is 0. The van der Waals surface area contributed by atoms with E-state index in [1.54, 1.807) is 0 Å². The molecule has 40 heavy (non-hydrogen) atoms. The Morgan fingerprint density at radius 3 is 2.20 bits per heavy atom. The third-order valence-corrected chi connectivity index (χ3v) is 7.48. The van der Waals surface area contributed by atoms with Crippen LogP contribution in [0.2, 0.25) is 0 Å². The number of ether oxygens (including phenoxy) is 5. The Balaban J connectivity index is 1.47. The molecule has 0 aromatic heterocycles. The number of hydrogen-bond donors (Lipinski definition) is 1. The maximum Gasteiger partial charge on any atom is 0.402 e. The minimum absolute atomic E-state index is 0.245. The molecule has 1 saturated heterocycles. The highest BCUT2D eigenvalue weighted by Crippen LogP contribution is 2.41. The van der Waals surface area contributed by atoms with Crippen LogP contribution in [0.5, 0.6) is 5.75 Å². The largest absolute Gasteiger partial charge is 0.482 e. The lowest BCUT2D eigenvalue weighted by Gasteiger charge is -2.29. The van der Waals surface area contributed by atoms with Gasteiger partial charge in [-0.1, -0.05) is 12.1 Å². The Morgan fingerprint density at radius 1 is 1.05 bits per heavy atom. The monoisotopic (exact) mass is 588 g/mol. The smallest absolute Gasteiger partial charge is 0.402 e. The molecule has 1 saturated carbocycles. The standard InChI is InChI=1S/C26H27F3O10S/c1-24(12-2-3-13-24)39-22(30)15-35-20-10-6-18(7-11-20)26(17-4-8-19(27)9-5-17)37-14-21(38-26)23(31)36-16-25(28,29)40(32,33)34/h4-11,21H,2-3,12-16H2,1H3,(H,32,33,34). The number of carbonyl (C=O) groups excluding carboxylic acids is 2. The zero-order chi connectivity index (χ0) is 29.2. The van der Waals surface area contributed by atoms with Crippen LogP contribution in [0.4, 0.5) is 13.2 Å². The molecular weight excluding hydrogens is 561 g/mol. The third-order valence-electron chi connectivity index (χ3n) is 6.61. The molecule has 2 aliphatic rings. The highest BCUT2D eigenvalue weighted by molar-refractivity contribution is 7.86. The molecule has 218 valence electrons. The molecule has 2 unspecified atom stereocenters. The fraction of sp³-hybridized carbons (Fsp3) is 0.462. The van der Waals surface area contributed by atoms with E-state index in [4.69, 9.17) is 23.5 Å². The zero-order valence-electron chi connectivity index (χ0n) is 21.3. The predicted octanol–water partition coefficient (Wildman–Crippen LogP) is 3.72. The summed E-state index contributed by atoms with van der Waals surface area (Å²) in [4.78, 5) is 24.6. The van der Waals surface area contributed by atoms with Crippen molar-refractivity contribution in [1.82, 2.24) is 0 Å². The van der Waals surface area contributed by atoms with E-state index in [0.29, 0.717) is 11.3 Å². The van der Waals surface area contributed by atoms with Crippen molar-refractivity contribution in [3.8, 4) is 5.75 Å². The number of rotatable bonds is 10. The molecule has 0 radical (unpaired) electrons. The number of hydrogen-bond acceptors (Lipinski definition) is 9. The van der Waals surface area contributed by atoms with Crippen LogP contribution < -0.4 is 4.74 Å². The van der Waals surface area contributed by atoms with Gasteiger partial charge in [0.15, 0.2) is 19.3 Å². The van der Waals surface area contributed by atoms with Crippen LogP contribution in [-0.2, 0) is 44.4 Å². The Labute approximate surface area is 228 Å². The summed E-state index contributed by atoms with van der Waals surface area (Å²) in [7, 11) is -5.82. The fourth-order valence-corrected chi connectivity index (χ4v) is 4.69. The molecule has 2 fully saturated rings. The molecule has 14 heteroatoms. The molecule has 4 rings (SSSR count). The zero-order valence-corrected chi connectivity index (χ0v) is 22.1. The highest BCUT2D eigenvalue weighted by Gasteiger charge is 2.50. The van der Waals surface area contributed by atoms with Crippen LogP contribution in [0.25, 0.3) is 0 Å². The van der Waals surface area contributed by atoms with Crippen molar-refractivity contribution in [3.63, 3.8) is 0 Å². The van der Waals surface area contributed by atoms with Crippen LogP contribution in [-0.4, -0.2) is 61.7 Å². The van der Waals surface area contributed by atoms with Crippen molar-refractivity contribution in [1.29, 1.82) is 0 Å². The first-order valence-electron chi connectivity index (χ1n) is 12.3. The van der Waals surface area contributed by atoms with Gasteiger partial charge in [-0.25, -0.2) is 14.0 Å². The second-order valence-corrected chi connectivity index (χ2v) is 11.3. The molecule has 0 amide bonds. The van der Waals surface area contributed by atoms with E-state index in [9.17, 15) is 31.2 Å². The van der Waals surface area contributed by atoms with Gasteiger partial charge in [-0.2, -0.15) is 17.2 Å². The molecule has 1 N–H and O–H groups in total. The van der Waals surface area contributed by atoms with E-state index < -0.39 is 63.8 Å². The van der Waals surface area contributed by atoms with Gasteiger partial charge in [0.2, 0.25) is 5.79 Å². The average molecular weight is 589 g/mol. The van der Waals surface area contributed by atoms with Crippen molar-refractivity contribution >= 4 is 22.1 Å². The Bertz CT molecular complexity index is 1330. The molecule has 10 nitrogen and oxygen atoms in total. The van der Waals surface area contributed by atoms with Gasteiger partial charge in [0.25, 0.3) is 0 Å². The van der Waals surface area contributed by atoms with E-state index in [1.165, 1.54) is 36.4 Å². The first kappa shape index (κ1) is 29.8. The van der Waals surface area contributed by atoms with E-state index in [0.717, 1.165) is 37.8 Å². The SMILES string of the molecule is CC1(OC(=O)COc2ccc(C3(c4ccc(F)cc4)OCC(C(=O)OCC(F)(F)S(=O)(=O)O)O3)cc2)CCCC1. The first-order valence-corrected chi connectivity index (χ1v) is 13.7. The normalized spacial score (nSPS) is 22.6. The molecular formula is C26H27F3O10S. The lowest BCUT2D eigenvalue weighted by Crippen LogP contribution is -2.38. The van der Waals surface area contributed by atoms with Crippen molar-refractivity contribution in [3.05, 3.63) is 65.5 Å². The van der Waals surface area contributed by atoms with Gasteiger partial charge < -0.3 is 23.7 Å². The number of carbonyl (C=O) groups is 2. The molecule has 1 aliphatic carbocycles. The van der Waals surface area contributed by atoms with Crippen molar-refractivity contribution in [2.45, 2.75) is 55.4 Å². The van der Waals surface area contributed by atoms with E-state index in [1.807, 2.05) is 6.92 Å². The maximum absolute atomic E-state index is 13.6. The molecule has 2 aromatic carbocycles. The van der Waals surface area contributed by atoms with Gasteiger partial charge in [-0.3, -0.25) is 4.55 Å². The van der Waals surface area contributed by atoms with Crippen molar-refractivity contribution in [2.24, 2.45) is 0 Å². The molecule has 2 aromatic rings. The van der Waals surface area contributed by atoms with Crippen LogP contribution >= 0.6 is 0 Å². The molecule has 0 bridgehead atoms. The second kappa shape index (κ2) is 11.4. The first-order chi connectivity index (χ1) is 18.7. The fourth-order valence-electron chi connectivity index (χ4n) is 4.48. The van der Waals surface area contributed by atoms with Gasteiger partial charge >= 0.3 is 27.3 Å². The predicted molar refractivity (Wildman–Crippen MR) is 130 cm³/mol. The van der Waals surface area contributed by atoms with Gasteiger partial charge in [-0.05, 0) is 69.0 Å². The summed E-state index contributed by atoms with van der Waals surface area (Å²) in [5, 5.41) is -4.73. The van der Waals surface area contributed by atoms with E-state index >= 15 is 0 Å². The summed E-state index contributed by atoms with van der Waals surface area (Å²) in [6.07, 6.45) is 1.97. The van der Waals surface area contributed by atoms with Gasteiger partial charge in [0.1, 0.15) is 17.2 Å². The summed E-state index contributed by atoms with van der Waals surface area (Å²) < 4.78 is 97.8. The molecule has 2 atom stereocenters. The van der Waals surface area contributed by atoms with Crippen LogP contribution in [0, 0.1) is 5.82 Å². The van der Waals surface area contributed by atoms with E-state index in [-0.39, 0.29) is 12.2 Å². The minimum atomic E-state index is -5.82. The summed E-state index contributed by atoms with van der Waals surface area (Å²) in [5.41, 5.74) is 0.0451. The Morgan fingerprint density at radius 2 is 1.62 bits per heavy atom. The van der Waals surface area contributed by atoms with Crippen molar-refractivity contribution in [2.75, 3.05) is 19.8 Å². The maximum atomic E-state index is 13.6. The van der Waals surface area contributed by atoms with E-state index in [2.05, 4.69) is 4.74 Å². The highest BCUT2D eigenvalue weighted by atomic mass is 32.2. The summed E-state index contributed by atoms with van der Waals surface area (Å²) in [6.45, 7) is -0.877. The summed E-state index contributed by atoms with van der Waals surface area (Å²) in [6, 6.07) is 10.9. The van der Waals surface area contributed by atoms with Crippen LogP contribution in [0.1, 0.15) is 43.7 Å². The number of esters is 2. The van der Waals surface area contributed by atoms with Gasteiger partial charge in [0, 0.05) is 11.1 Å². The Kier molecular flexibility index (Phi) is 8.45. The topological polar surface area (TPSA) is 135 Å². The van der Waals surface area contributed by atoms with Crippen LogP contribution in [0.15, 0.2) is 48.5 Å². The third kappa shape index (κ3) is 6.57. The number of benzene rings is 2. The molecule has 1 heterocycles. The minimum Gasteiger partial charge on any atom is -0.482 e. The number of halogens is 3. The molecule has 0 spiro atoms. The number of alkyl halides is 2. The Hall–Kier alpha value is -3.20.